The first-order valence-electron chi connectivity index (χ1n) is 8.94. The van der Waals surface area contributed by atoms with Crippen molar-refractivity contribution in [3.63, 3.8) is 0 Å². The first-order chi connectivity index (χ1) is 13.8. The van der Waals surface area contributed by atoms with E-state index in [1.807, 2.05) is 18.2 Å². The maximum absolute atomic E-state index is 13.2. The third-order valence-corrected chi connectivity index (χ3v) is 4.57. The Morgan fingerprint density at radius 2 is 2.00 bits per heavy atom. The fourth-order valence-corrected chi connectivity index (χ4v) is 3.03. The van der Waals surface area contributed by atoms with E-state index in [4.69, 9.17) is 10.6 Å². The number of alkyl halides is 3. The predicted molar refractivity (Wildman–Crippen MR) is 102 cm³/mol. The molecule has 0 bridgehead atoms. The van der Waals surface area contributed by atoms with Crippen molar-refractivity contribution in [1.82, 2.24) is 14.8 Å². The van der Waals surface area contributed by atoms with Crippen LogP contribution in [0.15, 0.2) is 54.7 Å². The number of amides is 1. The molecule has 0 aliphatic rings. The molecule has 1 atom stereocenters. The number of methoxy groups -OCH3 is 1. The number of hydrogen-bond acceptors (Lipinski definition) is 4. The molecule has 1 unspecified atom stereocenters. The molecule has 2 N–H and O–H groups in total. The quantitative estimate of drug-likeness (QED) is 0.371. The number of nitrogens with zero attached hydrogens (tertiary/aromatic N) is 3. The molecule has 3 aromatic rings. The number of rotatable bonds is 7. The monoisotopic (exact) mass is 406 g/mol. The molecular formula is C20H21F3N4O2. The van der Waals surface area contributed by atoms with Gasteiger partial charge in [-0.05, 0) is 23.8 Å². The van der Waals surface area contributed by atoms with Crippen LogP contribution in [-0.4, -0.2) is 41.0 Å². The van der Waals surface area contributed by atoms with Gasteiger partial charge in [0, 0.05) is 18.7 Å². The second-order valence-corrected chi connectivity index (χ2v) is 6.59. The summed E-state index contributed by atoms with van der Waals surface area (Å²) in [7, 11) is 1.49. The van der Waals surface area contributed by atoms with Crippen LogP contribution in [0.25, 0.3) is 10.9 Å². The van der Waals surface area contributed by atoms with Gasteiger partial charge in [-0.25, -0.2) is 5.84 Å². The standard InChI is InChI=1S/C20H21F3N4O2/c1-29-10-9-26(24)19(28)12-18(14-6-4-7-16(11-14)20(21,22)23)27-13-15-5-2-3-8-17(15)25-27/h2-8,11,13,18H,9-10,12,24H2,1H3. The molecule has 2 aromatic carbocycles. The maximum atomic E-state index is 13.2. The molecule has 0 saturated carbocycles. The van der Waals surface area contributed by atoms with Crippen molar-refractivity contribution in [3.8, 4) is 0 Å². The Hall–Kier alpha value is -2.91. The van der Waals surface area contributed by atoms with Crippen molar-refractivity contribution < 1.29 is 22.7 Å². The molecule has 0 fully saturated rings. The topological polar surface area (TPSA) is 73.4 Å². The highest BCUT2D eigenvalue weighted by atomic mass is 19.4. The fourth-order valence-electron chi connectivity index (χ4n) is 3.03. The summed E-state index contributed by atoms with van der Waals surface area (Å²) in [5, 5.41) is 6.28. The molecule has 1 aromatic heterocycles. The Labute approximate surface area is 165 Å². The Morgan fingerprint density at radius 3 is 2.69 bits per heavy atom. The van der Waals surface area contributed by atoms with E-state index in [-0.39, 0.29) is 19.6 Å². The molecule has 29 heavy (non-hydrogen) atoms. The number of ether oxygens (including phenoxy) is 1. The molecule has 154 valence electrons. The number of hydrazine groups is 1. The second-order valence-electron chi connectivity index (χ2n) is 6.59. The average Bonchev–Trinajstić information content (AvgIpc) is 3.13. The molecule has 0 radical (unpaired) electrons. The van der Waals surface area contributed by atoms with Crippen LogP contribution in [0.4, 0.5) is 13.2 Å². The minimum absolute atomic E-state index is 0.143. The SMILES string of the molecule is COCCN(N)C(=O)CC(c1cccc(C(F)(F)F)c1)n1cc2ccccc2n1. The summed E-state index contributed by atoms with van der Waals surface area (Å²) in [6.07, 6.45) is -2.92. The lowest BCUT2D eigenvalue weighted by molar-refractivity contribution is -0.137. The van der Waals surface area contributed by atoms with Crippen molar-refractivity contribution >= 4 is 16.8 Å². The first-order valence-corrected chi connectivity index (χ1v) is 8.94. The zero-order valence-corrected chi connectivity index (χ0v) is 15.8. The Kier molecular flexibility index (Phi) is 6.19. The Balaban J connectivity index is 1.98. The van der Waals surface area contributed by atoms with Gasteiger partial charge in [-0.3, -0.25) is 14.5 Å². The first kappa shape index (κ1) is 20.8. The number of nitrogens with two attached hydrogens (primary N) is 1. The lowest BCUT2D eigenvalue weighted by atomic mass is 10.0. The van der Waals surface area contributed by atoms with Crippen LogP contribution in [0.1, 0.15) is 23.6 Å². The molecule has 1 heterocycles. The van der Waals surface area contributed by atoms with Crippen molar-refractivity contribution in [2.24, 2.45) is 5.84 Å². The van der Waals surface area contributed by atoms with E-state index in [0.29, 0.717) is 11.1 Å². The van der Waals surface area contributed by atoms with Gasteiger partial charge in [0.15, 0.2) is 0 Å². The van der Waals surface area contributed by atoms with E-state index in [9.17, 15) is 18.0 Å². The highest BCUT2D eigenvalue weighted by Crippen LogP contribution is 2.32. The van der Waals surface area contributed by atoms with Crippen LogP contribution < -0.4 is 5.84 Å². The molecule has 9 heteroatoms. The van der Waals surface area contributed by atoms with Gasteiger partial charge in [-0.2, -0.15) is 18.3 Å². The van der Waals surface area contributed by atoms with E-state index >= 15 is 0 Å². The van der Waals surface area contributed by atoms with Crippen LogP contribution in [0.3, 0.4) is 0 Å². The third-order valence-electron chi connectivity index (χ3n) is 4.57. The van der Waals surface area contributed by atoms with Gasteiger partial charge in [-0.1, -0.05) is 30.3 Å². The van der Waals surface area contributed by atoms with Crippen molar-refractivity contribution in [2.45, 2.75) is 18.6 Å². The smallest absolute Gasteiger partial charge is 0.383 e. The minimum atomic E-state index is -4.49. The van der Waals surface area contributed by atoms with E-state index in [1.165, 1.54) is 17.9 Å². The van der Waals surface area contributed by atoms with Gasteiger partial charge in [-0.15, -0.1) is 0 Å². The predicted octanol–water partition coefficient (Wildman–Crippen LogP) is 3.38. The maximum Gasteiger partial charge on any atom is 0.416 e. The van der Waals surface area contributed by atoms with Gasteiger partial charge < -0.3 is 4.74 Å². The minimum Gasteiger partial charge on any atom is -0.383 e. The summed E-state index contributed by atoms with van der Waals surface area (Å²) in [6.45, 7) is 0.424. The average molecular weight is 406 g/mol. The van der Waals surface area contributed by atoms with E-state index < -0.39 is 23.7 Å². The van der Waals surface area contributed by atoms with Crippen LogP contribution in [-0.2, 0) is 15.7 Å². The summed E-state index contributed by atoms with van der Waals surface area (Å²) < 4.78 is 46.0. The van der Waals surface area contributed by atoms with Gasteiger partial charge >= 0.3 is 6.18 Å². The summed E-state index contributed by atoms with van der Waals surface area (Å²) in [6, 6.07) is 11.5. The second kappa shape index (κ2) is 8.62. The number of carbonyl (C=O) groups excluding carboxylic acids is 1. The zero-order valence-electron chi connectivity index (χ0n) is 15.8. The molecule has 3 rings (SSSR count). The lowest BCUT2D eigenvalue weighted by Gasteiger charge is -2.22. The van der Waals surface area contributed by atoms with Gasteiger partial charge in [0.1, 0.15) is 0 Å². The summed E-state index contributed by atoms with van der Waals surface area (Å²) in [5.74, 6) is 5.35. The molecule has 1 amide bonds. The molecule has 0 aliphatic carbocycles. The number of hydrogen-bond donors (Lipinski definition) is 1. The Bertz CT molecular complexity index is 954. The molecule has 0 spiro atoms. The number of carbonyl (C=O) groups is 1. The fraction of sp³-hybridized carbons (Fsp3) is 0.300. The highest BCUT2D eigenvalue weighted by Gasteiger charge is 2.32. The van der Waals surface area contributed by atoms with E-state index in [2.05, 4.69) is 5.10 Å². The van der Waals surface area contributed by atoms with Gasteiger partial charge in [0.05, 0.1) is 36.7 Å². The molecule has 0 aliphatic heterocycles. The molecule has 0 saturated heterocycles. The van der Waals surface area contributed by atoms with Crippen LogP contribution in [0.5, 0.6) is 0 Å². The molecular weight excluding hydrogens is 385 g/mol. The van der Waals surface area contributed by atoms with Crippen LogP contribution in [0, 0.1) is 0 Å². The summed E-state index contributed by atoms with van der Waals surface area (Å²) in [5.41, 5.74) is 0.218. The number of halogens is 3. The van der Waals surface area contributed by atoms with Crippen molar-refractivity contribution in [1.29, 1.82) is 0 Å². The van der Waals surface area contributed by atoms with Crippen molar-refractivity contribution in [3.05, 3.63) is 65.9 Å². The number of benzene rings is 2. The zero-order chi connectivity index (χ0) is 21.0. The largest absolute Gasteiger partial charge is 0.416 e. The van der Waals surface area contributed by atoms with E-state index in [1.54, 1.807) is 18.3 Å². The number of fused-ring (bicyclic) bond motifs is 1. The summed E-state index contributed by atoms with van der Waals surface area (Å²) in [4.78, 5) is 12.6. The van der Waals surface area contributed by atoms with E-state index in [0.717, 1.165) is 22.5 Å². The molecule has 6 nitrogen and oxygen atoms in total. The van der Waals surface area contributed by atoms with Gasteiger partial charge in [0.2, 0.25) is 5.91 Å². The number of aromatic nitrogens is 2. The highest BCUT2D eigenvalue weighted by molar-refractivity contribution is 5.79. The van der Waals surface area contributed by atoms with Crippen molar-refractivity contribution in [2.75, 3.05) is 20.3 Å². The lowest BCUT2D eigenvalue weighted by Crippen LogP contribution is -2.40. The van der Waals surface area contributed by atoms with Gasteiger partial charge in [0.25, 0.3) is 0 Å². The van der Waals surface area contributed by atoms with Crippen LogP contribution >= 0.6 is 0 Å². The Morgan fingerprint density at radius 1 is 1.24 bits per heavy atom. The van der Waals surface area contributed by atoms with Crippen LogP contribution in [0.2, 0.25) is 0 Å². The third kappa shape index (κ3) is 4.93. The summed E-state index contributed by atoms with van der Waals surface area (Å²) >= 11 is 0. The normalized spacial score (nSPS) is 12.9.